The van der Waals surface area contributed by atoms with Gasteiger partial charge in [0, 0.05) is 36.6 Å². The molecule has 2 aromatic rings. The van der Waals surface area contributed by atoms with E-state index < -0.39 is 0 Å². The smallest absolute Gasteiger partial charge is 0.220 e. The summed E-state index contributed by atoms with van der Waals surface area (Å²) >= 11 is 0. The Bertz CT molecular complexity index is 828. The van der Waals surface area contributed by atoms with Crippen LogP contribution in [0.25, 0.3) is 10.9 Å². The molecule has 0 spiro atoms. The van der Waals surface area contributed by atoms with Gasteiger partial charge in [-0.1, -0.05) is 25.3 Å². The van der Waals surface area contributed by atoms with Crippen molar-refractivity contribution in [1.29, 1.82) is 0 Å². The highest BCUT2D eigenvalue weighted by molar-refractivity contribution is 5.87. The highest BCUT2D eigenvalue weighted by atomic mass is 16.2. The molecular formula is C22H28N2O. The lowest BCUT2D eigenvalue weighted by molar-refractivity contribution is -0.132. The summed E-state index contributed by atoms with van der Waals surface area (Å²) in [6, 6.07) is 7.57. The molecule has 3 nitrogen and oxygen atoms in total. The monoisotopic (exact) mass is 336 g/mol. The van der Waals surface area contributed by atoms with Crippen LogP contribution in [0.15, 0.2) is 18.2 Å². The van der Waals surface area contributed by atoms with E-state index in [1.54, 1.807) is 12.5 Å². The number of benzene rings is 1. The van der Waals surface area contributed by atoms with Crippen molar-refractivity contribution in [2.24, 2.45) is 0 Å². The first kappa shape index (κ1) is 15.5. The molecule has 1 aliphatic heterocycles. The minimum atomic E-state index is 0.234. The molecule has 25 heavy (non-hydrogen) atoms. The number of carbonyl (C=O) groups excluding carboxylic acids is 1. The van der Waals surface area contributed by atoms with Gasteiger partial charge in [-0.3, -0.25) is 4.79 Å². The second-order valence-corrected chi connectivity index (χ2v) is 8.25. The van der Waals surface area contributed by atoms with Gasteiger partial charge in [0.25, 0.3) is 0 Å². The van der Waals surface area contributed by atoms with Crippen molar-refractivity contribution in [3.8, 4) is 0 Å². The van der Waals surface area contributed by atoms with Crippen LogP contribution in [0.3, 0.4) is 0 Å². The van der Waals surface area contributed by atoms with E-state index in [4.69, 9.17) is 0 Å². The largest absolute Gasteiger partial charge is 0.341 e. The molecule has 3 aliphatic rings. The maximum absolute atomic E-state index is 12.1. The minimum Gasteiger partial charge on any atom is -0.341 e. The molecule has 2 aliphatic carbocycles. The topological polar surface area (TPSA) is 25.2 Å². The molecule has 0 saturated heterocycles. The fraction of sp³-hybridized carbons (Fsp3) is 0.591. The van der Waals surface area contributed by atoms with Crippen molar-refractivity contribution in [3.63, 3.8) is 0 Å². The number of aromatic nitrogens is 1. The van der Waals surface area contributed by atoms with Gasteiger partial charge < -0.3 is 9.47 Å². The lowest BCUT2D eigenvalue weighted by atomic mass is 9.83. The lowest BCUT2D eigenvalue weighted by Gasteiger charge is -2.39. The van der Waals surface area contributed by atoms with Gasteiger partial charge >= 0.3 is 0 Å². The molecule has 0 radical (unpaired) electrons. The lowest BCUT2D eigenvalue weighted by Crippen LogP contribution is -2.42. The van der Waals surface area contributed by atoms with Crippen LogP contribution in [0.4, 0.5) is 0 Å². The minimum absolute atomic E-state index is 0.234. The molecular weight excluding hydrogens is 308 g/mol. The van der Waals surface area contributed by atoms with E-state index >= 15 is 0 Å². The van der Waals surface area contributed by atoms with Crippen LogP contribution in [0.1, 0.15) is 80.7 Å². The van der Waals surface area contributed by atoms with Crippen LogP contribution in [-0.4, -0.2) is 21.9 Å². The van der Waals surface area contributed by atoms with Crippen molar-refractivity contribution in [2.75, 3.05) is 6.54 Å². The first-order chi connectivity index (χ1) is 12.2. The quantitative estimate of drug-likeness (QED) is 0.725. The number of nitrogens with zero attached hydrogens (tertiary/aromatic N) is 2. The molecule has 1 fully saturated rings. The maximum Gasteiger partial charge on any atom is 0.220 e. The molecule has 5 rings (SSSR count). The average Bonchev–Trinajstić information content (AvgIpc) is 2.98. The molecule has 2 heterocycles. The Balaban J connectivity index is 1.64. The van der Waals surface area contributed by atoms with E-state index in [-0.39, 0.29) is 5.91 Å². The molecule has 1 aromatic carbocycles. The van der Waals surface area contributed by atoms with Crippen LogP contribution in [-0.2, 0) is 17.8 Å². The van der Waals surface area contributed by atoms with Crippen LogP contribution in [0.5, 0.6) is 0 Å². The molecule has 1 saturated carbocycles. The molecule has 3 heteroatoms. The number of hydrogen-bond acceptors (Lipinski definition) is 1. The van der Waals surface area contributed by atoms with E-state index in [9.17, 15) is 4.79 Å². The Morgan fingerprint density at radius 3 is 2.68 bits per heavy atom. The highest BCUT2D eigenvalue weighted by Gasteiger charge is 2.36. The van der Waals surface area contributed by atoms with Crippen LogP contribution in [0.2, 0.25) is 0 Å². The molecule has 132 valence electrons. The van der Waals surface area contributed by atoms with Crippen molar-refractivity contribution >= 4 is 16.8 Å². The van der Waals surface area contributed by atoms with Crippen molar-refractivity contribution < 1.29 is 4.79 Å². The summed E-state index contributed by atoms with van der Waals surface area (Å²) in [5.41, 5.74) is 5.94. The van der Waals surface area contributed by atoms with Gasteiger partial charge in [0.1, 0.15) is 0 Å². The Labute approximate surface area is 150 Å². The van der Waals surface area contributed by atoms with E-state index in [1.165, 1.54) is 67.1 Å². The summed E-state index contributed by atoms with van der Waals surface area (Å²) in [5, 5.41) is 1.48. The van der Waals surface area contributed by atoms with Gasteiger partial charge in [-0.25, -0.2) is 0 Å². The Morgan fingerprint density at radius 1 is 1.04 bits per heavy atom. The number of amides is 1. The number of carbonyl (C=O) groups is 1. The first-order valence-corrected chi connectivity index (χ1v) is 10.2. The second-order valence-electron chi connectivity index (χ2n) is 8.25. The highest BCUT2D eigenvalue weighted by Crippen LogP contribution is 2.44. The maximum atomic E-state index is 12.1. The van der Waals surface area contributed by atoms with Gasteiger partial charge in [0.2, 0.25) is 5.91 Å². The molecule has 1 aromatic heterocycles. The van der Waals surface area contributed by atoms with E-state index in [0.717, 1.165) is 25.4 Å². The molecule has 1 unspecified atom stereocenters. The van der Waals surface area contributed by atoms with Gasteiger partial charge in [-0.05, 0) is 61.3 Å². The summed E-state index contributed by atoms with van der Waals surface area (Å²) in [5.74, 6) is 0.993. The fourth-order valence-electron chi connectivity index (χ4n) is 5.69. The van der Waals surface area contributed by atoms with Gasteiger partial charge in [-0.15, -0.1) is 0 Å². The summed E-state index contributed by atoms with van der Waals surface area (Å²) in [4.78, 5) is 14.2. The summed E-state index contributed by atoms with van der Waals surface area (Å²) < 4.78 is 2.53. The first-order valence-electron chi connectivity index (χ1n) is 10.2. The standard InChI is InChI=1S/C22H28N2O/c1-15(25)23-12-13-24-20-11-10-17(16-6-3-2-4-7-16)14-19(20)18-8-5-9-21(23)22(18)24/h10-11,14,16,21H,2-9,12-13H2,1H3. The normalized spacial score (nSPS) is 23.7. The van der Waals surface area contributed by atoms with E-state index in [0.29, 0.717) is 6.04 Å². The average molecular weight is 336 g/mol. The Hall–Kier alpha value is -1.77. The van der Waals surface area contributed by atoms with Crippen molar-refractivity contribution in [2.45, 2.75) is 76.8 Å². The van der Waals surface area contributed by atoms with Crippen LogP contribution < -0.4 is 0 Å². The number of hydrogen-bond donors (Lipinski definition) is 0. The third-order valence-electron chi connectivity index (χ3n) is 6.88. The third kappa shape index (κ3) is 2.35. The van der Waals surface area contributed by atoms with Crippen molar-refractivity contribution in [3.05, 3.63) is 35.0 Å². The predicted molar refractivity (Wildman–Crippen MR) is 101 cm³/mol. The number of fused-ring (bicyclic) bond motifs is 3. The second kappa shape index (κ2) is 5.89. The number of aryl methyl sites for hydroxylation is 1. The summed E-state index contributed by atoms with van der Waals surface area (Å²) in [6.45, 7) is 3.54. The zero-order valence-electron chi connectivity index (χ0n) is 15.3. The Kier molecular flexibility index (Phi) is 3.65. The summed E-state index contributed by atoms with van der Waals surface area (Å²) in [7, 11) is 0. The fourth-order valence-corrected chi connectivity index (χ4v) is 5.69. The van der Waals surface area contributed by atoms with Crippen LogP contribution >= 0.6 is 0 Å². The third-order valence-corrected chi connectivity index (χ3v) is 6.88. The summed E-state index contributed by atoms with van der Waals surface area (Å²) in [6.07, 6.45) is 10.4. The zero-order chi connectivity index (χ0) is 17.0. The van der Waals surface area contributed by atoms with E-state index in [1.807, 2.05) is 0 Å². The molecule has 1 amide bonds. The van der Waals surface area contributed by atoms with E-state index in [2.05, 4.69) is 27.7 Å². The zero-order valence-corrected chi connectivity index (χ0v) is 15.3. The molecule has 1 atom stereocenters. The van der Waals surface area contributed by atoms with Crippen molar-refractivity contribution in [1.82, 2.24) is 9.47 Å². The Morgan fingerprint density at radius 2 is 1.88 bits per heavy atom. The van der Waals surface area contributed by atoms with Gasteiger partial charge in [0.05, 0.1) is 6.04 Å². The molecule has 0 N–H and O–H groups in total. The molecule has 0 bridgehead atoms. The number of rotatable bonds is 1. The predicted octanol–water partition coefficient (Wildman–Crippen LogP) is 4.93. The van der Waals surface area contributed by atoms with Gasteiger partial charge in [0.15, 0.2) is 0 Å². The SMILES string of the molecule is CC(=O)N1CCn2c3c(c4cc(C5CCCCC5)ccc42)CCCC31. The van der Waals surface area contributed by atoms with Gasteiger partial charge in [-0.2, -0.15) is 0 Å². The van der Waals surface area contributed by atoms with Crippen LogP contribution in [0, 0.1) is 0 Å².